The van der Waals surface area contributed by atoms with Crippen molar-refractivity contribution in [3.05, 3.63) is 71.3 Å². The molecule has 1 aliphatic heterocycles. The Kier molecular flexibility index (Phi) is 5.42. The lowest BCUT2D eigenvalue weighted by atomic mass is 9.79. The molecule has 2 amide bonds. The van der Waals surface area contributed by atoms with E-state index in [0.29, 0.717) is 43.9 Å². The van der Waals surface area contributed by atoms with Crippen molar-refractivity contribution < 1.29 is 9.59 Å². The van der Waals surface area contributed by atoms with Gasteiger partial charge in [0.15, 0.2) is 0 Å². The highest BCUT2D eigenvalue weighted by molar-refractivity contribution is 6.06. The van der Waals surface area contributed by atoms with E-state index in [0.717, 1.165) is 22.4 Å². The first-order valence-corrected chi connectivity index (χ1v) is 11.1. The van der Waals surface area contributed by atoms with Crippen molar-refractivity contribution in [2.75, 3.05) is 24.2 Å². The van der Waals surface area contributed by atoms with Crippen LogP contribution < -0.4 is 10.6 Å². The van der Waals surface area contributed by atoms with Gasteiger partial charge in [0.2, 0.25) is 5.91 Å². The summed E-state index contributed by atoms with van der Waals surface area (Å²) in [5, 5.41) is 14.9. The molecule has 2 N–H and O–H groups in total. The SMILES string of the molecule is CN(CCCC#N)C(=O)c1cc(Nc2ccc3c(c2)CC2(C3)C(=O)Nc3ncccc32)ncn1. The molecule has 0 saturated carbocycles. The number of fused-ring (bicyclic) bond motifs is 3. The lowest BCUT2D eigenvalue weighted by molar-refractivity contribution is -0.120. The van der Waals surface area contributed by atoms with Gasteiger partial charge in [-0.1, -0.05) is 12.1 Å². The van der Waals surface area contributed by atoms with Crippen LogP contribution in [0.2, 0.25) is 0 Å². The molecule has 170 valence electrons. The lowest BCUT2D eigenvalue weighted by Crippen LogP contribution is -2.35. The predicted octanol–water partition coefficient (Wildman–Crippen LogP) is 2.98. The first-order valence-electron chi connectivity index (χ1n) is 11.1. The Morgan fingerprint density at radius 2 is 2.06 bits per heavy atom. The number of aromatic nitrogens is 3. The Balaban J connectivity index is 1.33. The molecule has 1 atom stereocenters. The molecule has 5 rings (SSSR count). The molecule has 0 bridgehead atoms. The van der Waals surface area contributed by atoms with Gasteiger partial charge in [-0.25, -0.2) is 15.0 Å². The lowest BCUT2D eigenvalue weighted by Gasteiger charge is -2.20. The smallest absolute Gasteiger partial charge is 0.272 e. The molecular weight excluding hydrogens is 430 g/mol. The third-order valence-electron chi connectivity index (χ3n) is 6.47. The number of nitrogens with one attached hydrogen (secondary N) is 2. The second-order valence-electron chi connectivity index (χ2n) is 8.67. The molecule has 3 aromatic rings. The molecule has 9 nitrogen and oxygen atoms in total. The molecular formula is C25H23N7O2. The summed E-state index contributed by atoms with van der Waals surface area (Å²) in [5.74, 6) is 0.919. The minimum Gasteiger partial charge on any atom is -0.340 e. The van der Waals surface area contributed by atoms with Crippen molar-refractivity contribution in [1.82, 2.24) is 19.9 Å². The van der Waals surface area contributed by atoms with Crippen LogP contribution in [0.25, 0.3) is 0 Å². The zero-order valence-corrected chi connectivity index (χ0v) is 18.7. The molecule has 34 heavy (non-hydrogen) atoms. The monoisotopic (exact) mass is 453 g/mol. The average molecular weight is 454 g/mol. The normalized spacial score (nSPS) is 17.6. The average Bonchev–Trinajstić information content (AvgIpc) is 3.36. The number of carbonyl (C=O) groups excluding carboxylic acids is 2. The van der Waals surface area contributed by atoms with E-state index < -0.39 is 5.41 Å². The predicted molar refractivity (Wildman–Crippen MR) is 126 cm³/mol. The van der Waals surface area contributed by atoms with Gasteiger partial charge in [0.1, 0.15) is 23.7 Å². The second kappa shape index (κ2) is 8.56. The van der Waals surface area contributed by atoms with Gasteiger partial charge in [-0.15, -0.1) is 0 Å². The van der Waals surface area contributed by atoms with Crippen LogP contribution in [0, 0.1) is 11.3 Å². The number of benzene rings is 1. The largest absolute Gasteiger partial charge is 0.340 e. The van der Waals surface area contributed by atoms with E-state index in [-0.39, 0.29) is 17.5 Å². The van der Waals surface area contributed by atoms with Crippen LogP contribution in [-0.2, 0) is 23.1 Å². The highest BCUT2D eigenvalue weighted by Crippen LogP contribution is 2.47. The molecule has 1 spiro atoms. The number of hydrogen-bond donors (Lipinski definition) is 2. The third-order valence-corrected chi connectivity index (χ3v) is 6.47. The van der Waals surface area contributed by atoms with E-state index in [1.165, 1.54) is 6.33 Å². The molecule has 0 radical (unpaired) electrons. The van der Waals surface area contributed by atoms with Crippen LogP contribution in [0.3, 0.4) is 0 Å². The van der Waals surface area contributed by atoms with Crippen LogP contribution in [0.5, 0.6) is 0 Å². The van der Waals surface area contributed by atoms with Crippen molar-refractivity contribution >= 4 is 29.1 Å². The molecule has 2 aliphatic rings. The van der Waals surface area contributed by atoms with Crippen LogP contribution in [0.1, 0.15) is 40.0 Å². The Bertz CT molecular complexity index is 1330. The van der Waals surface area contributed by atoms with Crippen molar-refractivity contribution in [1.29, 1.82) is 5.26 Å². The number of hydrogen-bond acceptors (Lipinski definition) is 7. The van der Waals surface area contributed by atoms with Crippen molar-refractivity contribution in [2.24, 2.45) is 0 Å². The molecule has 1 aliphatic carbocycles. The second-order valence-corrected chi connectivity index (χ2v) is 8.67. The molecule has 9 heteroatoms. The number of carbonyl (C=O) groups is 2. The number of unbranched alkanes of at least 4 members (excludes halogenated alkanes) is 1. The van der Waals surface area contributed by atoms with E-state index in [4.69, 9.17) is 5.26 Å². The summed E-state index contributed by atoms with van der Waals surface area (Å²) in [6.45, 7) is 0.484. The molecule has 2 aromatic heterocycles. The Hall–Kier alpha value is -4.32. The quantitative estimate of drug-likeness (QED) is 0.550. The summed E-state index contributed by atoms with van der Waals surface area (Å²) in [5.41, 5.74) is 3.66. The number of nitriles is 1. The minimum atomic E-state index is -0.616. The zero-order valence-electron chi connectivity index (χ0n) is 18.7. The number of amides is 2. The number of nitrogens with zero attached hydrogens (tertiary/aromatic N) is 5. The standard InChI is InChI=1S/C25H23N7O2/c1-32(10-3-2-8-26)23(33)20-12-21(29-15-28-20)30-18-7-6-16-13-25(14-17(16)11-18)19-5-4-9-27-22(19)31-24(25)34/h4-7,9,11-12,15H,2-3,10,13-14H2,1H3,(H,27,31,34)(H,28,29,30). The summed E-state index contributed by atoms with van der Waals surface area (Å²) >= 11 is 0. The fourth-order valence-electron chi connectivity index (χ4n) is 4.73. The number of anilines is 3. The number of rotatable bonds is 6. The van der Waals surface area contributed by atoms with E-state index in [1.807, 2.05) is 30.3 Å². The van der Waals surface area contributed by atoms with Gasteiger partial charge in [-0.3, -0.25) is 9.59 Å². The van der Waals surface area contributed by atoms with Gasteiger partial charge in [0, 0.05) is 43.5 Å². The fourth-order valence-corrected chi connectivity index (χ4v) is 4.73. The van der Waals surface area contributed by atoms with Gasteiger partial charge >= 0.3 is 0 Å². The van der Waals surface area contributed by atoms with Crippen LogP contribution in [0.15, 0.2) is 48.9 Å². The van der Waals surface area contributed by atoms with E-state index in [2.05, 4.69) is 31.7 Å². The van der Waals surface area contributed by atoms with Gasteiger partial charge in [0.05, 0.1) is 11.5 Å². The first-order chi connectivity index (χ1) is 16.5. The summed E-state index contributed by atoms with van der Waals surface area (Å²) < 4.78 is 0. The van der Waals surface area contributed by atoms with Gasteiger partial charge in [-0.2, -0.15) is 5.26 Å². The maximum absolute atomic E-state index is 12.9. The Labute approximate surface area is 196 Å². The van der Waals surface area contributed by atoms with Crippen LogP contribution >= 0.6 is 0 Å². The topological polar surface area (TPSA) is 124 Å². The van der Waals surface area contributed by atoms with E-state index >= 15 is 0 Å². The highest BCUT2D eigenvalue weighted by atomic mass is 16.2. The van der Waals surface area contributed by atoms with Crippen molar-refractivity contribution in [3.63, 3.8) is 0 Å². The maximum atomic E-state index is 12.9. The van der Waals surface area contributed by atoms with Gasteiger partial charge < -0.3 is 15.5 Å². The Morgan fingerprint density at radius 3 is 2.91 bits per heavy atom. The molecule has 3 heterocycles. The number of pyridine rings is 1. The molecule has 1 aromatic carbocycles. The summed E-state index contributed by atoms with van der Waals surface area (Å²) in [7, 11) is 1.69. The molecule has 1 unspecified atom stereocenters. The first kappa shape index (κ1) is 21.5. The van der Waals surface area contributed by atoms with Crippen molar-refractivity contribution in [2.45, 2.75) is 31.1 Å². The minimum absolute atomic E-state index is 0.00949. The maximum Gasteiger partial charge on any atom is 0.272 e. The summed E-state index contributed by atoms with van der Waals surface area (Å²) in [6, 6.07) is 13.6. The van der Waals surface area contributed by atoms with E-state index in [1.54, 1.807) is 24.2 Å². The highest BCUT2D eigenvalue weighted by Gasteiger charge is 2.51. The van der Waals surface area contributed by atoms with Crippen molar-refractivity contribution in [3.8, 4) is 6.07 Å². The molecule has 0 fully saturated rings. The van der Waals surface area contributed by atoms with Gasteiger partial charge in [-0.05, 0) is 48.6 Å². The Morgan fingerprint density at radius 1 is 1.21 bits per heavy atom. The summed E-state index contributed by atoms with van der Waals surface area (Å²) in [4.78, 5) is 39.8. The van der Waals surface area contributed by atoms with E-state index in [9.17, 15) is 9.59 Å². The van der Waals surface area contributed by atoms with Crippen LogP contribution in [-0.4, -0.2) is 45.3 Å². The third kappa shape index (κ3) is 3.73. The van der Waals surface area contributed by atoms with Crippen LogP contribution in [0.4, 0.5) is 17.3 Å². The zero-order chi connectivity index (χ0) is 23.7. The molecule has 0 saturated heterocycles. The summed E-state index contributed by atoms with van der Waals surface area (Å²) in [6.07, 6.45) is 5.30. The van der Waals surface area contributed by atoms with Gasteiger partial charge in [0.25, 0.3) is 5.91 Å². The fraction of sp³-hybridized carbons (Fsp3) is 0.280.